The lowest BCUT2D eigenvalue weighted by Crippen LogP contribution is -2.14. The number of hydrogen-bond acceptors (Lipinski definition) is 6. The van der Waals surface area contributed by atoms with Crippen molar-refractivity contribution in [1.29, 1.82) is 0 Å². The largest absolute Gasteiger partial charge is 0.392 e. The van der Waals surface area contributed by atoms with E-state index in [9.17, 15) is 13.5 Å². The molecule has 0 bridgehead atoms. The molecule has 7 nitrogen and oxygen atoms in total. The van der Waals surface area contributed by atoms with E-state index in [0.717, 1.165) is 29.5 Å². The molecule has 3 aromatic heterocycles. The van der Waals surface area contributed by atoms with Gasteiger partial charge in [-0.25, -0.2) is 12.4 Å². The van der Waals surface area contributed by atoms with Crippen molar-refractivity contribution in [2.24, 2.45) is 0 Å². The van der Waals surface area contributed by atoms with Crippen molar-refractivity contribution in [3.8, 4) is 11.3 Å². The monoisotopic (exact) mass is 406 g/mol. The zero-order chi connectivity index (χ0) is 20.0. The maximum Gasteiger partial charge on any atom is 0.269 e. The third-order valence-electron chi connectivity index (χ3n) is 5.18. The summed E-state index contributed by atoms with van der Waals surface area (Å²) in [5, 5.41) is 9.94. The fourth-order valence-electron chi connectivity index (χ4n) is 3.70. The van der Waals surface area contributed by atoms with Crippen molar-refractivity contribution in [3.05, 3.63) is 72.4 Å². The summed E-state index contributed by atoms with van der Waals surface area (Å²) in [7, 11) is -3.88. The number of pyridine rings is 1. The molecule has 0 radical (unpaired) electrons. The average molecular weight is 406 g/mol. The van der Waals surface area contributed by atoms with E-state index >= 15 is 0 Å². The van der Waals surface area contributed by atoms with E-state index in [2.05, 4.69) is 15.0 Å². The summed E-state index contributed by atoms with van der Waals surface area (Å²) in [6.45, 7) is -0.220. The van der Waals surface area contributed by atoms with Crippen LogP contribution < -0.4 is 0 Å². The minimum absolute atomic E-state index is 0.101. The molecule has 0 spiro atoms. The number of aromatic nitrogens is 4. The number of aliphatic hydroxyl groups is 1. The molecule has 1 N–H and O–H groups in total. The summed E-state index contributed by atoms with van der Waals surface area (Å²) in [5.41, 5.74) is 4.25. The highest BCUT2D eigenvalue weighted by atomic mass is 32.2. The molecule has 0 saturated heterocycles. The highest BCUT2D eigenvalue weighted by Crippen LogP contribution is 2.48. The van der Waals surface area contributed by atoms with Crippen LogP contribution in [-0.4, -0.2) is 32.4 Å². The molecule has 0 aliphatic heterocycles. The summed E-state index contributed by atoms with van der Waals surface area (Å²) in [6.07, 6.45) is 9.59. The molecule has 3 heterocycles. The molecular formula is C21H18N4O3S. The lowest BCUT2D eigenvalue weighted by molar-refractivity contribution is 0.281. The van der Waals surface area contributed by atoms with Gasteiger partial charge >= 0.3 is 0 Å². The molecule has 1 aliphatic rings. The summed E-state index contributed by atoms with van der Waals surface area (Å²) < 4.78 is 28.1. The van der Waals surface area contributed by atoms with Crippen molar-refractivity contribution < 1.29 is 13.5 Å². The lowest BCUT2D eigenvalue weighted by atomic mass is 10.0. The molecule has 4 aromatic rings. The number of nitrogens with zero attached hydrogens (tertiary/aromatic N) is 4. The smallest absolute Gasteiger partial charge is 0.269 e. The SMILES string of the molecule is O=S(=O)(c1cccnc1)n1cc(CO)c(C2CC2)c1-c1ccc2nccnc2c1. The molecule has 1 saturated carbocycles. The van der Waals surface area contributed by atoms with E-state index in [4.69, 9.17) is 0 Å². The van der Waals surface area contributed by atoms with Crippen molar-refractivity contribution in [2.75, 3.05) is 0 Å². The fourth-order valence-corrected chi connectivity index (χ4v) is 5.08. The van der Waals surface area contributed by atoms with Crippen LogP contribution in [0.4, 0.5) is 0 Å². The van der Waals surface area contributed by atoms with Gasteiger partial charge in [0.1, 0.15) is 4.90 Å². The Labute approximate surface area is 167 Å². The van der Waals surface area contributed by atoms with Crippen molar-refractivity contribution in [2.45, 2.75) is 30.3 Å². The number of hydrogen-bond donors (Lipinski definition) is 1. The minimum atomic E-state index is -3.88. The highest BCUT2D eigenvalue weighted by molar-refractivity contribution is 7.90. The molecule has 0 unspecified atom stereocenters. The predicted octanol–water partition coefficient (Wildman–Crippen LogP) is 3.10. The van der Waals surface area contributed by atoms with Crippen molar-refractivity contribution >= 4 is 21.1 Å². The second-order valence-corrected chi connectivity index (χ2v) is 8.91. The van der Waals surface area contributed by atoms with Crippen molar-refractivity contribution in [3.63, 3.8) is 0 Å². The minimum Gasteiger partial charge on any atom is -0.392 e. The van der Waals surface area contributed by atoms with E-state index in [0.29, 0.717) is 16.8 Å². The zero-order valence-corrected chi connectivity index (χ0v) is 16.2. The molecule has 0 atom stereocenters. The number of fused-ring (bicyclic) bond motifs is 1. The van der Waals surface area contributed by atoms with Crippen LogP contribution in [0, 0.1) is 0 Å². The fraction of sp³-hybridized carbons (Fsp3) is 0.190. The van der Waals surface area contributed by atoms with Crippen LogP contribution in [0.1, 0.15) is 29.9 Å². The van der Waals surface area contributed by atoms with Gasteiger partial charge in [-0.15, -0.1) is 0 Å². The normalized spacial score (nSPS) is 14.4. The summed E-state index contributed by atoms with van der Waals surface area (Å²) >= 11 is 0. The van der Waals surface area contributed by atoms with Crippen LogP contribution in [0.5, 0.6) is 0 Å². The quantitative estimate of drug-likeness (QED) is 0.547. The van der Waals surface area contributed by atoms with Gasteiger partial charge in [-0.3, -0.25) is 15.0 Å². The molecular weight excluding hydrogens is 388 g/mol. The van der Waals surface area contributed by atoms with Crippen LogP contribution in [-0.2, 0) is 16.6 Å². The Morgan fingerprint density at radius 1 is 1.07 bits per heavy atom. The van der Waals surface area contributed by atoms with Crippen molar-refractivity contribution in [1.82, 2.24) is 18.9 Å². The van der Waals surface area contributed by atoms with E-state index in [-0.39, 0.29) is 17.4 Å². The summed E-state index contributed by atoms with van der Waals surface area (Å²) in [5.74, 6) is 0.245. The third kappa shape index (κ3) is 3.01. The van der Waals surface area contributed by atoms with E-state index in [1.165, 1.54) is 28.6 Å². The van der Waals surface area contributed by atoms with Crippen LogP contribution in [0.3, 0.4) is 0 Å². The first-order chi connectivity index (χ1) is 14.1. The van der Waals surface area contributed by atoms with Gasteiger partial charge in [0.25, 0.3) is 10.0 Å². The number of rotatable bonds is 5. The van der Waals surface area contributed by atoms with Crippen LogP contribution >= 0.6 is 0 Å². The molecule has 1 aliphatic carbocycles. The standard InChI is InChI=1S/C21H18N4O3S/c26-13-16-12-25(29(27,28)17-2-1-7-22-11-17)21(20(16)14-3-4-14)15-5-6-18-19(10-15)24-9-8-23-18/h1-2,5-12,14,26H,3-4,13H2. The van der Waals surface area contributed by atoms with Crippen LogP contribution in [0.25, 0.3) is 22.3 Å². The van der Waals surface area contributed by atoms with E-state index in [1.807, 2.05) is 18.2 Å². The predicted molar refractivity (Wildman–Crippen MR) is 108 cm³/mol. The average Bonchev–Trinajstić information content (AvgIpc) is 3.52. The topological polar surface area (TPSA) is 98.0 Å². The zero-order valence-electron chi connectivity index (χ0n) is 15.4. The van der Waals surface area contributed by atoms with Gasteiger partial charge < -0.3 is 5.11 Å². The first-order valence-corrected chi connectivity index (χ1v) is 10.8. The van der Waals surface area contributed by atoms with Crippen LogP contribution in [0.2, 0.25) is 0 Å². The second-order valence-electron chi connectivity index (χ2n) is 7.10. The van der Waals surface area contributed by atoms with E-state index < -0.39 is 10.0 Å². The van der Waals surface area contributed by atoms with E-state index in [1.54, 1.807) is 18.5 Å². The first-order valence-electron chi connectivity index (χ1n) is 9.31. The Morgan fingerprint density at radius 3 is 2.55 bits per heavy atom. The Kier molecular flexibility index (Phi) is 4.18. The van der Waals surface area contributed by atoms with Gasteiger partial charge in [0.2, 0.25) is 0 Å². The third-order valence-corrected chi connectivity index (χ3v) is 6.83. The Bertz CT molecular complexity index is 1310. The van der Waals surface area contributed by atoms with Gasteiger partial charge in [-0.2, -0.15) is 0 Å². The Hall–Kier alpha value is -3.10. The molecule has 1 aromatic carbocycles. The molecule has 29 heavy (non-hydrogen) atoms. The van der Waals surface area contributed by atoms with Gasteiger partial charge in [-0.05, 0) is 48.6 Å². The second kappa shape index (κ2) is 6.75. The highest BCUT2D eigenvalue weighted by Gasteiger charge is 2.34. The lowest BCUT2D eigenvalue weighted by Gasteiger charge is -2.13. The molecule has 8 heteroatoms. The Balaban J connectivity index is 1.80. The Morgan fingerprint density at radius 2 is 1.86 bits per heavy atom. The number of aliphatic hydroxyl groups excluding tert-OH is 1. The van der Waals surface area contributed by atoms with Gasteiger partial charge in [0.05, 0.1) is 23.3 Å². The maximum atomic E-state index is 13.4. The maximum absolute atomic E-state index is 13.4. The van der Waals surface area contributed by atoms with Gasteiger partial charge in [-0.1, -0.05) is 6.07 Å². The van der Waals surface area contributed by atoms with Gasteiger partial charge in [0, 0.05) is 42.1 Å². The number of benzene rings is 1. The molecule has 0 amide bonds. The van der Waals surface area contributed by atoms with Crippen LogP contribution in [0.15, 0.2) is 66.2 Å². The van der Waals surface area contributed by atoms with Gasteiger partial charge in [0.15, 0.2) is 0 Å². The molecule has 1 fully saturated rings. The summed E-state index contributed by atoms with van der Waals surface area (Å²) in [6, 6.07) is 8.65. The first kappa shape index (κ1) is 18.0. The molecule has 146 valence electrons. The summed E-state index contributed by atoms with van der Waals surface area (Å²) in [4.78, 5) is 12.7. The molecule has 5 rings (SSSR count).